The first-order chi connectivity index (χ1) is 19.6. The van der Waals surface area contributed by atoms with Gasteiger partial charge in [-0.05, 0) is 75.6 Å². The Balaban J connectivity index is 0.000000426. The summed E-state index contributed by atoms with van der Waals surface area (Å²) in [6.45, 7) is 13.0. The molecular formula is C30H36F2N6O3. The molecule has 0 saturated carbocycles. The van der Waals surface area contributed by atoms with Crippen LogP contribution in [0.25, 0.3) is 22.0 Å². The van der Waals surface area contributed by atoms with Gasteiger partial charge in [0.1, 0.15) is 30.4 Å². The van der Waals surface area contributed by atoms with Gasteiger partial charge in [0, 0.05) is 50.3 Å². The number of piperidine rings is 1. The van der Waals surface area contributed by atoms with E-state index in [-0.39, 0.29) is 18.2 Å². The summed E-state index contributed by atoms with van der Waals surface area (Å²) in [4.78, 5) is 33.0. The fourth-order valence-corrected chi connectivity index (χ4v) is 5.10. The van der Waals surface area contributed by atoms with Crippen molar-refractivity contribution in [1.82, 2.24) is 9.97 Å². The second-order valence-electron chi connectivity index (χ2n) is 10.9. The number of rotatable bonds is 8. The monoisotopic (exact) mass is 566 g/mol. The summed E-state index contributed by atoms with van der Waals surface area (Å²) < 4.78 is 29.7. The number of carbonyl (C=O) groups excluding carboxylic acids is 1. The van der Waals surface area contributed by atoms with Crippen molar-refractivity contribution in [2.75, 3.05) is 42.6 Å². The number of anilines is 2. The first kappa shape index (κ1) is 30.0. The predicted octanol–water partition coefficient (Wildman–Crippen LogP) is 5.01. The molecule has 2 aliphatic rings. The van der Waals surface area contributed by atoms with E-state index < -0.39 is 17.2 Å². The Labute approximate surface area is 238 Å². The van der Waals surface area contributed by atoms with E-state index in [1.54, 1.807) is 26.0 Å². The van der Waals surface area contributed by atoms with Crippen LogP contribution in [0.2, 0.25) is 0 Å². The van der Waals surface area contributed by atoms with Gasteiger partial charge < -0.3 is 24.7 Å². The smallest absolute Gasteiger partial charge is 0.227 e. The van der Waals surface area contributed by atoms with Gasteiger partial charge >= 0.3 is 0 Å². The van der Waals surface area contributed by atoms with E-state index in [1.165, 1.54) is 29.4 Å². The first-order valence-electron chi connectivity index (χ1n) is 13.6. The fraction of sp³-hybridized carbons (Fsp3) is 0.433. The summed E-state index contributed by atoms with van der Waals surface area (Å²) in [5, 5.41) is 12.7. The summed E-state index contributed by atoms with van der Waals surface area (Å²) in [6.07, 6.45) is 4.56. The van der Waals surface area contributed by atoms with Crippen LogP contribution < -0.4 is 9.80 Å². The van der Waals surface area contributed by atoms with Gasteiger partial charge in [0.25, 0.3) is 0 Å². The van der Waals surface area contributed by atoms with Gasteiger partial charge in [0.2, 0.25) is 5.91 Å². The quantitative estimate of drug-likeness (QED) is 0.304. The van der Waals surface area contributed by atoms with E-state index in [0.717, 1.165) is 38.9 Å². The minimum absolute atomic E-state index is 0.0807. The number of aliphatic hydroxyl groups is 1. The maximum atomic E-state index is 15.0. The van der Waals surface area contributed by atoms with Gasteiger partial charge in [0.05, 0.1) is 16.8 Å². The fourth-order valence-electron chi connectivity index (χ4n) is 5.10. The molecule has 0 radical (unpaired) electrons. The third-order valence-electron chi connectivity index (χ3n) is 7.12. The topological polar surface area (TPSA) is 104 Å². The number of oxime groups is 1. The van der Waals surface area contributed by atoms with E-state index in [1.807, 2.05) is 0 Å². The van der Waals surface area contributed by atoms with Crippen LogP contribution in [0.5, 0.6) is 0 Å². The maximum absolute atomic E-state index is 15.0. The minimum Gasteiger partial charge on any atom is -0.393 e. The zero-order valence-corrected chi connectivity index (χ0v) is 23.5. The van der Waals surface area contributed by atoms with Crippen LogP contribution in [0.4, 0.5) is 20.3 Å². The lowest BCUT2D eigenvalue weighted by atomic mass is 9.96. The zero-order valence-electron chi connectivity index (χ0n) is 23.5. The second-order valence-corrected chi connectivity index (χ2v) is 10.9. The molecule has 218 valence electrons. The van der Waals surface area contributed by atoms with Crippen molar-refractivity contribution in [2.45, 2.75) is 45.1 Å². The Morgan fingerprint density at radius 3 is 2.46 bits per heavy atom. The molecule has 9 nitrogen and oxygen atoms in total. The Morgan fingerprint density at radius 1 is 1.12 bits per heavy atom. The third kappa shape index (κ3) is 7.40. The summed E-state index contributed by atoms with van der Waals surface area (Å²) in [5.41, 5.74) is 1.03. The highest BCUT2D eigenvalue weighted by Crippen LogP contribution is 2.36. The number of hydrogen-bond donors (Lipinski definition) is 1. The number of hydrogen-bond acceptors (Lipinski definition) is 8. The molecule has 2 aromatic carbocycles. The molecule has 0 aliphatic carbocycles. The highest BCUT2D eigenvalue weighted by molar-refractivity contribution is 6.00. The lowest BCUT2D eigenvalue weighted by Crippen LogP contribution is -2.35. The van der Waals surface area contributed by atoms with Crippen molar-refractivity contribution in [3.63, 3.8) is 0 Å². The van der Waals surface area contributed by atoms with Gasteiger partial charge in [-0.25, -0.2) is 18.7 Å². The number of benzene rings is 2. The Morgan fingerprint density at radius 2 is 1.88 bits per heavy atom. The highest BCUT2D eigenvalue weighted by atomic mass is 19.1. The van der Waals surface area contributed by atoms with Crippen LogP contribution in [0.1, 0.15) is 39.5 Å². The molecule has 2 saturated heterocycles. The SMILES string of the molecule is C=NCC1CCN(c2ncnc3c(-c4ccc(N5CCCC5=O)c(F)c4)cc(F)cc23)CC1.C=NOCC(C)(C)O. The van der Waals surface area contributed by atoms with Crippen LogP contribution in [0.3, 0.4) is 0 Å². The number of fused-ring (bicyclic) bond motifs is 1. The molecule has 0 atom stereocenters. The summed E-state index contributed by atoms with van der Waals surface area (Å²) >= 11 is 0. The van der Waals surface area contributed by atoms with Gasteiger partial charge in [0.15, 0.2) is 0 Å². The van der Waals surface area contributed by atoms with E-state index in [9.17, 15) is 13.6 Å². The lowest BCUT2D eigenvalue weighted by molar-refractivity contribution is -0.117. The van der Waals surface area contributed by atoms with E-state index in [2.05, 4.69) is 43.3 Å². The largest absolute Gasteiger partial charge is 0.393 e. The lowest BCUT2D eigenvalue weighted by Gasteiger charge is -2.32. The Hall–Kier alpha value is -3.99. The first-order valence-corrected chi connectivity index (χ1v) is 13.6. The molecule has 2 aliphatic heterocycles. The minimum atomic E-state index is -0.804. The van der Waals surface area contributed by atoms with Gasteiger partial charge in [-0.15, -0.1) is 5.16 Å². The number of aliphatic imine (C=N–C) groups is 1. The van der Waals surface area contributed by atoms with Crippen molar-refractivity contribution in [1.29, 1.82) is 0 Å². The molecule has 2 fully saturated rings. The van der Waals surface area contributed by atoms with E-state index >= 15 is 0 Å². The molecule has 3 aromatic rings. The highest BCUT2D eigenvalue weighted by Gasteiger charge is 2.26. The Bertz CT molecular complexity index is 1400. The molecule has 3 heterocycles. The molecular weight excluding hydrogens is 530 g/mol. The summed E-state index contributed by atoms with van der Waals surface area (Å²) in [6, 6.07) is 7.47. The summed E-state index contributed by atoms with van der Waals surface area (Å²) in [7, 11) is 0. The molecule has 41 heavy (non-hydrogen) atoms. The maximum Gasteiger partial charge on any atom is 0.227 e. The van der Waals surface area contributed by atoms with Crippen LogP contribution in [-0.4, -0.2) is 72.8 Å². The van der Waals surface area contributed by atoms with E-state index in [4.69, 9.17) is 5.11 Å². The molecule has 1 amide bonds. The molecule has 11 heteroatoms. The van der Waals surface area contributed by atoms with Gasteiger partial charge in [-0.2, -0.15) is 0 Å². The van der Waals surface area contributed by atoms with Gasteiger partial charge in [-0.1, -0.05) is 6.07 Å². The van der Waals surface area contributed by atoms with Crippen molar-refractivity contribution >= 4 is 41.8 Å². The average molecular weight is 567 g/mol. The molecule has 5 rings (SSSR count). The standard InChI is InChI=1S/C25H25F2N5O.C5H11NO2/c1-28-14-16-6-9-31(10-7-16)25-20-13-18(26)12-19(24(20)29-15-30-25)17-4-5-22(21(27)11-17)32-8-2-3-23(32)33;1-5(2,7)4-8-6-3/h4-5,11-13,15-16H,1-3,6-10,14H2;7H,3-4H2,1-2H3. The normalized spacial score (nSPS) is 16.0. The molecule has 0 unspecified atom stereocenters. The summed E-state index contributed by atoms with van der Waals surface area (Å²) in [5.74, 6) is 0.169. The van der Waals surface area contributed by atoms with Crippen molar-refractivity contribution < 1.29 is 23.5 Å². The number of halogens is 2. The zero-order chi connectivity index (χ0) is 29.6. The van der Waals surface area contributed by atoms with Crippen molar-refractivity contribution in [2.24, 2.45) is 16.1 Å². The number of amides is 1. The molecule has 0 bridgehead atoms. The van der Waals surface area contributed by atoms with E-state index in [0.29, 0.717) is 46.7 Å². The number of carbonyl (C=O) groups is 1. The van der Waals surface area contributed by atoms with Gasteiger partial charge in [-0.3, -0.25) is 4.79 Å². The predicted molar refractivity (Wildman–Crippen MR) is 158 cm³/mol. The average Bonchev–Trinajstić information content (AvgIpc) is 3.37. The molecule has 1 aromatic heterocycles. The number of aromatic nitrogens is 2. The van der Waals surface area contributed by atoms with Crippen LogP contribution >= 0.6 is 0 Å². The molecule has 1 N–H and O–H groups in total. The van der Waals surface area contributed by atoms with Crippen molar-refractivity contribution in [3.8, 4) is 11.1 Å². The van der Waals surface area contributed by atoms with Crippen LogP contribution in [0.15, 0.2) is 46.8 Å². The Kier molecular flexibility index (Phi) is 9.59. The molecule has 0 spiro atoms. The third-order valence-corrected chi connectivity index (χ3v) is 7.12. The van der Waals surface area contributed by atoms with Crippen molar-refractivity contribution in [3.05, 3.63) is 48.3 Å². The van der Waals surface area contributed by atoms with Crippen LogP contribution in [0, 0.1) is 17.6 Å². The van der Waals surface area contributed by atoms with Crippen LogP contribution in [-0.2, 0) is 9.63 Å². The number of nitrogens with zero attached hydrogens (tertiary/aromatic N) is 6. The second kappa shape index (κ2) is 13.1.